The third kappa shape index (κ3) is 4.63. The van der Waals surface area contributed by atoms with E-state index in [1.165, 1.54) is 6.92 Å². The van der Waals surface area contributed by atoms with Gasteiger partial charge in [0.1, 0.15) is 5.25 Å². The molecule has 0 bridgehead atoms. The first-order valence-corrected chi connectivity index (χ1v) is 7.61. The second-order valence-electron chi connectivity index (χ2n) is 4.44. The molecule has 17 heavy (non-hydrogen) atoms. The molecule has 0 aliphatic carbocycles. The fourth-order valence-electron chi connectivity index (χ4n) is 1.36. The zero-order valence-corrected chi connectivity index (χ0v) is 11.9. The van der Waals surface area contributed by atoms with E-state index >= 15 is 0 Å². The number of nitrogens with one attached hydrogen (secondary N) is 1. The van der Waals surface area contributed by atoms with Crippen molar-refractivity contribution in [2.45, 2.75) is 57.1 Å². The van der Waals surface area contributed by atoms with Crippen molar-refractivity contribution in [3.05, 3.63) is 0 Å². The van der Waals surface area contributed by atoms with E-state index in [1.54, 1.807) is 6.92 Å². The predicted molar refractivity (Wildman–Crippen MR) is 69.4 cm³/mol. The molecule has 0 fully saturated rings. The van der Waals surface area contributed by atoms with Gasteiger partial charge in [-0.2, -0.15) is 0 Å². The molecular weight excluding hydrogens is 240 g/mol. The predicted octanol–water partition coefficient (Wildman–Crippen LogP) is 0.442. The van der Waals surface area contributed by atoms with Crippen LogP contribution in [0.4, 0.5) is 0 Å². The van der Waals surface area contributed by atoms with Crippen LogP contribution in [-0.4, -0.2) is 37.4 Å². The Hall–Kier alpha value is -0.620. The number of rotatable bonds is 7. The van der Waals surface area contributed by atoms with Crippen molar-refractivity contribution in [2.24, 2.45) is 5.73 Å². The average molecular weight is 264 g/mol. The molecule has 0 radical (unpaired) electrons. The molecule has 0 heterocycles. The van der Waals surface area contributed by atoms with E-state index in [-0.39, 0.29) is 6.04 Å². The SMILES string of the molecule is CCC(C)NC(=O)C(C)S(=O)(=O)C(C)CCN. The maximum absolute atomic E-state index is 12.0. The van der Waals surface area contributed by atoms with Crippen LogP contribution in [0.25, 0.3) is 0 Å². The summed E-state index contributed by atoms with van der Waals surface area (Å²) in [7, 11) is -3.45. The van der Waals surface area contributed by atoms with E-state index in [0.29, 0.717) is 13.0 Å². The van der Waals surface area contributed by atoms with Crippen molar-refractivity contribution < 1.29 is 13.2 Å². The molecule has 3 unspecified atom stereocenters. The Labute approximate surface area is 104 Å². The summed E-state index contributed by atoms with van der Waals surface area (Å²) >= 11 is 0. The van der Waals surface area contributed by atoms with Gasteiger partial charge in [-0.15, -0.1) is 0 Å². The Balaban J connectivity index is 4.68. The lowest BCUT2D eigenvalue weighted by molar-refractivity contribution is -0.121. The molecule has 3 atom stereocenters. The highest BCUT2D eigenvalue weighted by molar-refractivity contribution is 7.93. The van der Waals surface area contributed by atoms with Gasteiger partial charge in [0.15, 0.2) is 9.84 Å². The Morgan fingerprint density at radius 3 is 2.24 bits per heavy atom. The molecule has 102 valence electrons. The molecule has 0 aliphatic heterocycles. The van der Waals surface area contributed by atoms with Gasteiger partial charge in [0.2, 0.25) is 5.91 Å². The van der Waals surface area contributed by atoms with Gasteiger partial charge in [0.25, 0.3) is 0 Å². The second-order valence-corrected chi connectivity index (χ2v) is 7.13. The Bertz CT molecular complexity index is 341. The van der Waals surface area contributed by atoms with E-state index < -0.39 is 26.2 Å². The van der Waals surface area contributed by atoms with Crippen LogP contribution in [0, 0.1) is 0 Å². The standard InChI is InChI=1S/C11H24N2O3S/c1-5-8(2)13-11(14)10(4)17(15,16)9(3)6-7-12/h8-10H,5-7,12H2,1-4H3,(H,13,14). The third-order valence-corrected chi connectivity index (χ3v) is 5.55. The first-order valence-electron chi connectivity index (χ1n) is 6.00. The number of hydrogen-bond donors (Lipinski definition) is 2. The summed E-state index contributed by atoms with van der Waals surface area (Å²) in [5, 5.41) is 1.09. The maximum Gasteiger partial charge on any atom is 0.238 e. The highest BCUT2D eigenvalue weighted by Crippen LogP contribution is 2.12. The lowest BCUT2D eigenvalue weighted by Crippen LogP contribution is -2.44. The topological polar surface area (TPSA) is 89.3 Å². The van der Waals surface area contributed by atoms with Crippen molar-refractivity contribution in [1.82, 2.24) is 5.32 Å². The summed E-state index contributed by atoms with van der Waals surface area (Å²) in [6, 6.07) is -0.00929. The van der Waals surface area contributed by atoms with Gasteiger partial charge >= 0.3 is 0 Å². The van der Waals surface area contributed by atoms with Gasteiger partial charge in [0.05, 0.1) is 5.25 Å². The van der Waals surface area contributed by atoms with Crippen LogP contribution in [0.5, 0.6) is 0 Å². The van der Waals surface area contributed by atoms with E-state index in [2.05, 4.69) is 5.32 Å². The lowest BCUT2D eigenvalue weighted by atomic mass is 10.2. The van der Waals surface area contributed by atoms with E-state index in [1.807, 2.05) is 13.8 Å². The van der Waals surface area contributed by atoms with E-state index in [9.17, 15) is 13.2 Å². The van der Waals surface area contributed by atoms with Crippen LogP contribution in [0.1, 0.15) is 40.5 Å². The van der Waals surface area contributed by atoms with Crippen LogP contribution >= 0.6 is 0 Å². The average Bonchev–Trinajstić information content (AvgIpc) is 2.27. The number of sulfone groups is 1. The highest BCUT2D eigenvalue weighted by atomic mass is 32.2. The number of hydrogen-bond acceptors (Lipinski definition) is 4. The molecule has 0 saturated heterocycles. The quantitative estimate of drug-likeness (QED) is 0.698. The summed E-state index contributed by atoms with van der Waals surface area (Å²) in [5.41, 5.74) is 5.34. The van der Waals surface area contributed by atoms with Crippen LogP contribution in [-0.2, 0) is 14.6 Å². The summed E-state index contributed by atoms with van der Waals surface area (Å²) in [5.74, 6) is -0.428. The van der Waals surface area contributed by atoms with Gasteiger partial charge in [-0.25, -0.2) is 8.42 Å². The van der Waals surface area contributed by atoms with E-state index in [0.717, 1.165) is 6.42 Å². The second kappa shape index (κ2) is 6.96. The van der Waals surface area contributed by atoms with Gasteiger partial charge in [-0.3, -0.25) is 4.79 Å². The molecule has 3 N–H and O–H groups in total. The fourth-order valence-corrected chi connectivity index (χ4v) is 2.89. The minimum absolute atomic E-state index is 0.00929. The lowest BCUT2D eigenvalue weighted by Gasteiger charge is -2.20. The number of carbonyl (C=O) groups excluding carboxylic acids is 1. The van der Waals surface area contributed by atoms with Crippen molar-refractivity contribution in [3.8, 4) is 0 Å². The van der Waals surface area contributed by atoms with Crippen molar-refractivity contribution in [1.29, 1.82) is 0 Å². The van der Waals surface area contributed by atoms with Crippen molar-refractivity contribution >= 4 is 15.7 Å². The molecule has 6 heteroatoms. The van der Waals surface area contributed by atoms with Gasteiger partial charge in [-0.05, 0) is 40.2 Å². The summed E-state index contributed by atoms with van der Waals surface area (Å²) in [6.45, 7) is 7.11. The summed E-state index contributed by atoms with van der Waals surface area (Å²) < 4.78 is 24.0. The molecule has 1 amide bonds. The van der Waals surface area contributed by atoms with Gasteiger partial charge < -0.3 is 11.1 Å². The molecule has 0 aromatic heterocycles. The first kappa shape index (κ1) is 16.4. The van der Waals surface area contributed by atoms with Crippen molar-refractivity contribution in [2.75, 3.05) is 6.54 Å². The fraction of sp³-hybridized carbons (Fsp3) is 0.909. The van der Waals surface area contributed by atoms with E-state index in [4.69, 9.17) is 5.73 Å². The Kier molecular flexibility index (Phi) is 6.70. The number of amides is 1. The normalized spacial score (nSPS) is 17.2. The van der Waals surface area contributed by atoms with Crippen LogP contribution < -0.4 is 11.1 Å². The molecule has 0 spiro atoms. The van der Waals surface area contributed by atoms with Gasteiger partial charge in [0, 0.05) is 6.04 Å². The van der Waals surface area contributed by atoms with Crippen LogP contribution in [0.15, 0.2) is 0 Å². The molecule has 0 aliphatic rings. The van der Waals surface area contributed by atoms with Crippen molar-refractivity contribution in [3.63, 3.8) is 0 Å². The third-order valence-electron chi connectivity index (χ3n) is 3.00. The smallest absolute Gasteiger partial charge is 0.238 e. The molecule has 0 aromatic rings. The zero-order valence-electron chi connectivity index (χ0n) is 11.1. The molecular formula is C11H24N2O3S. The molecule has 0 aromatic carbocycles. The Morgan fingerprint density at radius 1 is 1.29 bits per heavy atom. The largest absolute Gasteiger partial charge is 0.353 e. The van der Waals surface area contributed by atoms with Crippen LogP contribution in [0.2, 0.25) is 0 Å². The first-order chi connectivity index (χ1) is 7.77. The number of nitrogens with two attached hydrogens (primary N) is 1. The minimum atomic E-state index is -3.45. The minimum Gasteiger partial charge on any atom is -0.353 e. The summed E-state index contributed by atoms with van der Waals surface area (Å²) in [4.78, 5) is 11.7. The Morgan fingerprint density at radius 2 is 1.82 bits per heavy atom. The number of carbonyl (C=O) groups is 1. The zero-order chi connectivity index (χ0) is 13.6. The highest BCUT2D eigenvalue weighted by Gasteiger charge is 2.32. The van der Waals surface area contributed by atoms with Gasteiger partial charge in [-0.1, -0.05) is 6.92 Å². The molecule has 0 saturated carbocycles. The summed E-state index contributed by atoms with van der Waals surface area (Å²) in [6.07, 6.45) is 1.15. The molecule has 0 rings (SSSR count). The van der Waals surface area contributed by atoms with Crippen LogP contribution in [0.3, 0.4) is 0 Å². The maximum atomic E-state index is 12.0. The molecule has 5 nitrogen and oxygen atoms in total. The monoisotopic (exact) mass is 264 g/mol.